The Labute approximate surface area is 108 Å². The van der Waals surface area contributed by atoms with E-state index < -0.39 is 23.9 Å². The number of nitrogen functional groups attached to an aromatic ring is 1. The molecule has 0 saturated carbocycles. The molecule has 1 aromatic rings. The molecule has 4 N–H and O–H groups in total. The van der Waals surface area contributed by atoms with Crippen molar-refractivity contribution in [3.63, 3.8) is 0 Å². The number of likely N-dealkylation sites (tertiary alicyclic amines) is 1. The second kappa shape index (κ2) is 4.99. The lowest BCUT2D eigenvalue weighted by Crippen LogP contribution is -2.23. The number of halogens is 3. The van der Waals surface area contributed by atoms with E-state index in [-0.39, 0.29) is 30.9 Å². The summed E-state index contributed by atoms with van der Waals surface area (Å²) in [6, 6.07) is 3.64. The maximum atomic E-state index is 12.9. The monoisotopic (exact) mass is 276 g/mol. The van der Waals surface area contributed by atoms with Gasteiger partial charge >= 0.3 is 6.18 Å². The average Bonchev–Trinajstić information content (AvgIpc) is 2.59. The fourth-order valence-electron chi connectivity index (χ4n) is 2.21. The molecule has 1 aliphatic rings. The second-order valence-corrected chi connectivity index (χ2v) is 4.74. The molecule has 4 nitrogen and oxygen atoms in total. The third-order valence-electron chi connectivity index (χ3n) is 3.17. The lowest BCUT2D eigenvalue weighted by atomic mass is 10.1. The minimum atomic E-state index is -4.47. The number of aliphatic hydroxyl groups excluding tert-OH is 2. The molecule has 0 bridgehead atoms. The second-order valence-electron chi connectivity index (χ2n) is 4.74. The van der Waals surface area contributed by atoms with Gasteiger partial charge in [0.1, 0.15) is 0 Å². The average molecular weight is 276 g/mol. The Morgan fingerprint density at radius 3 is 2.32 bits per heavy atom. The summed E-state index contributed by atoms with van der Waals surface area (Å²) in [6.07, 6.45) is -6.30. The summed E-state index contributed by atoms with van der Waals surface area (Å²) in [5.41, 5.74) is 4.75. The van der Waals surface area contributed by atoms with Crippen molar-refractivity contribution in [2.75, 3.05) is 18.8 Å². The summed E-state index contributed by atoms with van der Waals surface area (Å²) >= 11 is 0. The van der Waals surface area contributed by atoms with Crippen molar-refractivity contribution in [1.82, 2.24) is 4.90 Å². The van der Waals surface area contributed by atoms with Crippen molar-refractivity contribution in [2.45, 2.75) is 24.9 Å². The summed E-state index contributed by atoms with van der Waals surface area (Å²) in [4.78, 5) is 1.58. The normalized spacial score (nSPS) is 24.9. The van der Waals surface area contributed by atoms with Crippen LogP contribution in [0.1, 0.15) is 11.1 Å². The first-order valence-corrected chi connectivity index (χ1v) is 5.81. The van der Waals surface area contributed by atoms with Crippen molar-refractivity contribution in [1.29, 1.82) is 0 Å². The number of rotatable bonds is 2. The lowest BCUT2D eigenvalue weighted by molar-refractivity contribution is -0.138. The molecule has 0 aromatic heterocycles. The van der Waals surface area contributed by atoms with E-state index in [0.29, 0.717) is 0 Å². The Bertz CT molecular complexity index is 455. The molecule has 1 aromatic carbocycles. The highest BCUT2D eigenvalue weighted by Gasteiger charge is 2.35. The zero-order valence-corrected chi connectivity index (χ0v) is 10.1. The Morgan fingerprint density at radius 1 is 1.21 bits per heavy atom. The highest BCUT2D eigenvalue weighted by Crippen LogP contribution is 2.34. The molecular formula is C12H15F3N2O2. The Balaban J connectivity index is 2.21. The van der Waals surface area contributed by atoms with Gasteiger partial charge in [-0.15, -0.1) is 0 Å². The van der Waals surface area contributed by atoms with Gasteiger partial charge in [-0.05, 0) is 17.7 Å². The van der Waals surface area contributed by atoms with E-state index in [1.54, 1.807) is 4.90 Å². The zero-order valence-electron chi connectivity index (χ0n) is 10.1. The van der Waals surface area contributed by atoms with E-state index >= 15 is 0 Å². The topological polar surface area (TPSA) is 69.7 Å². The zero-order chi connectivity index (χ0) is 14.2. The molecule has 1 heterocycles. The van der Waals surface area contributed by atoms with Crippen LogP contribution >= 0.6 is 0 Å². The van der Waals surface area contributed by atoms with Gasteiger partial charge in [-0.2, -0.15) is 13.2 Å². The van der Waals surface area contributed by atoms with Gasteiger partial charge in [-0.25, -0.2) is 0 Å². The Kier molecular flexibility index (Phi) is 3.71. The van der Waals surface area contributed by atoms with E-state index in [4.69, 9.17) is 5.73 Å². The van der Waals surface area contributed by atoms with E-state index in [9.17, 15) is 23.4 Å². The predicted octanol–water partition coefficient (Wildman–Crippen LogP) is 0.825. The van der Waals surface area contributed by atoms with Crippen LogP contribution in [0.25, 0.3) is 0 Å². The number of nitrogens with zero attached hydrogens (tertiary/aromatic N) is 1. The molecule has 2 rings (SSSR count). The third kappa shape index (κ3) is 3.17. The van der Waals surface area contributed by atoms with E-state index in [2.05, 4.69) is 0 Å². The van der Waals surface area contributed by atoms with Crippen LogP contribution in [-0.4, -0.2) is 40.4 Å². The number of benzene rings is 1. The fraction of sp³-hybridized carbons (Fsp3) is 0.500. The van der Waals surface area contributed by atoms with E-state index in [1.807, 2.05) is 0 Å². The van der Waals surface area contributed by atoms with Crippen LogP contribution in [0.15, 0.2) is 18.2 Å². The molecular weight excluding hydrogens is 261 g/mol. The molecule has 2 atom stereocenters. The van der Waals surface area contributed by atoms with Gasteiger partial charge in [-0.1, -0.05) is 6.07 Å². The van der Waals surface area contributed by atoms with Crippen LogP contribution in [0, 0.1) is 0 Å². The van der Waals surface area contributed by atoms with Crippen LogP contribution in [0.4, 0.5) is 18.9 Å². The molecule has 0 radical (unpaired) electrons. The minimum absolute atomic E-state index is 0.0171. The Hall–Kier alpha value is -1.31. The molecule has 7 heteroatoms. The van der Waals surface area contributed by atoms with Crippen molar-refractivity contribution in [2.24, 2.45) is 0 Å². The van der Waals surface area contributed by atoms with Gasteiger partial charge in [0.2, 0.25) is 0 Å². The van der Waals surface area contributed by atoms with Gasteiger partial charge in [0.25, 0.3) is 0 Å². The lowest BCUT2D eigenvalue weighted by Gasteiger charge is -2.19. The molecule has 1 saturated heterocycles. The summed E-state index contributed by atoms with van der Waals surface area (Å²) in [5, 5.41) is 18.8. The SMILES string of the molecule is Nc1ccc(CN2CC(O)C(O)C2)c(C(F)(F)F)c1. The minimum Gasteiger partial charge on any atom is -0.399 e. The number of hydrogen-bond donors (Lipinski definition) is 3. The number of hydrogen-bond acceptors (Lipinski definition) is 4. The molecule has 1 aliphatic heterocycles. The number of nitrogens with two attached hydrogens (primary N) is 1. The first kappa shape index (κ1) is 14.1. The maximum absolute atomic E-state index is 12.9. The number of anilines is 1. The highest BCUT2D eigenvalue weighted by molar-refractivity contribution is 5.46. The van der Waals surface area contributed by atoms with Crippen LogP contribution in [0.5, 0.6) is 0 Å². The summed E-state index contributed by atoms with van der Waals surface area (Å²) in [6.45, 7) is 0.328. The predicted molar refractivity (Wildman–Crippen MR) is 63.1 cm³/mol. The largest absolute Gasteiger partial charge is 0.416 e. The Morgan fingerprint density at radius 2 is 1.79 bits per heavy atom. The van der Waals surface area contributed by atoms with Crippen molar-refractivity contribution in [3.8, 4) is 0 Å². The smallest absolute Gasteiger partial charge is 0.399 e. The van der Waals surface area contributed by atoms with Gasteiger partial charge in [0.15, 0.2) is 0 Å². The van der Waals surface area contributed by atoms with Crippen molar-refractivity contribution < 1.29 is 23.4 Å². The van der Waals surface area contributed by atoms with Gasteiger partial charge in [0.05, 0.1) is 17.8 Å². The molecule has 0 amide bonds. The standard InChI is InChI=1S/C12H15F3N2O2/c13-12(14,15)9-3-8(16)2-1-7(9)4-17-5-10(18)11(19)6-17/h1-3,10-11,18-19H,4-6,16H2. The molecule has 1 fully saturated rings. The first-order chi connectivity index (χ1) is 8.77. The first-order valence-electron chi connectivity index (χ1n) is 5.81. The highest BCUT2D eigenvalue weighted by atomic mass is 19.4. The maximum Gasteiger partial charge on any atom is 0.416 e. The van der Waals surface area contributed by atoms with Crippen LogP contribution in [-0.2, 0) is 12.7 Å². The molecule has 106 valence electrons. The quantitative estimate of drug-likeness (QED) is 0.700. The molecule has 0 aliphatic carbocycles. The summed E-state index contributed by atoms with van der Waals surface area (Å²) < 4.78 is 38.6. The third-order valence-corrected chi connectivity index (χ3v) is 3.17. The number of alkyl halides is 3. The molecule has 19 heavy (non-hydrogen) atoms. The van der Waals surface area contributed by atoms with Crippen LogP contribution in [0.3, 0.4) is 0 Å². The number of β-amino-alcohol motifs (C(OH)–C–C–N with tert-alkyl or cyclic N) is 2. The van der Waals surface area contributed by atoms with Crippen LogP contribution < -0.4 is 5.73 Å². The molecule has 0 spiro atoms. The summed E-state index contributed by atoms with van der Waals surface area (Å²) in [7, 11) is 0. The van der Waals surface area contributed by atoms with Crippen LogP contribution in [0.2, 0.25) is 0 Å². The molecule has 2 unspecified atom stereocenters. The van der Waals surface area contributed by atoms with Gasteiger partial charge < -0.3 is 15.9 Å². The number of aliphatic hydroxyl groups is 2. The van der Waals surface area contributed by atoms with Crippen molar-refractivity contribution >= 4 is 5.69 Å². The van der Waals surface area contributed by atoms with E-state index in [0.717, 1.165) is 6.07 Å². The van der Waals surface area contributed by atoms with Crippen molar-refractivity contribution in [3.05, 3.63) is 29.3 Å². The van der Waals surface area contributed by atoms with Gasteiger partial charge in [0, 0.05) is 25.3 Å². The van der Waals surface area contributed by atoms with Gasteiger partial charge in [-0.3, -0.25) is 4.90 Å². The summed E-state index contributed by atoms with van der Waals surface area (Å²) in [5.74, 6) is 0. The fourth-order valence-corrected chi connectivity index (χ4v) is 2.21. The van der Waals surface area contributed by atoms with E-state index in [1.165, 1.54) is 12.1 Å².